The summed E-state index contributed by atoms with van der Waals surface area (Å²) in [5.41, 5.74) is 2.66. The first kappa shape index (κ1) is 18.2. The van der Waals surface area contributed by atoms with Crippen molar-refractivity contribution >= 4 is 18.3 Å². The fraction of sp³-hybridized carbons (Fsp3) is 0.750. The third-order valence-corrected chi connectivity index (χ3v) is 4.46. The van der Waals surface area contributed by atoms with Gasteiger partial charge in [0.25, 0.3) is 5.91 Å². The van der Waals surface area contributed by atoms with Gasteiger partial charge in [-0.1, -0.05) is 13.8 Å². The number of H-pyrrole nitrogens is 1. The average molecular weight is 343 g/mol. The lowest BCUT2D eigenvalue weighted by Gasteiger charge is -2.31. The Morgan fingerprint density at radius 1 is 1.48 bits per heavy atom. The summed E-state index contributed by atoms with van der Waals surface area (Å²) >= 11 is 0. The summed E-state index contributed by atoms with van der Waals surface area (Å²) in [4.78, 5) is 12.5. The van der Waals surface area contributed by atoms with Crippen LogP contribution in [-0.4, -0.2) is 41.4 Å². The van der Waals surface area contributed by atoms with Crippen molar-refractivity contribution < 1.29 is 9.53 Å². The fourth-order valence-corrected chi connectivity index (χ4v) is 3.37. The molecule has 0 aromatic carbocycles. The molecule has 0 radical (unpaired) electrons. The molecule has 1 fully saturated rings. The van der Waals surface area contributed by atoms with Crippen molar-refractivity contribution in [1.29, 1.82) is 0 Å². The maximum atomic E-state index is 12.5. The third kappa shape index (κ3) is 4.46. The first-order valence-corrected chi connectivity index (χ1v) is 8.32. The highest BCUT2D eigenvalue weighted by Gasteiger charge is 2.27. The minimum Gasteiger partial charge on any atom is -0.378 e. The molecule has 3 rings (SSSR count). The maximum absolute atomic E-state index is 12.5. The van der Waals surface area contributed by atoms with E-state index in [1.54, 1.807) is 0 Å². The van der Waals surface area contributed by atoms with E-state index in [4.69, 9.17) is 4.74 Å². The van der Waals surface area contributed by atoms with Crippen LogP contribution in [0.2, 0.25) is 0 Å². The van der Waals surface area contributed by atoms with E-state index in [0.717, 1.165) is 56.6 Å². The molecule has 130 valence electrons. The molecule has 3 heterocycles. The van der Waals surface area contributed by atoms with Gasteiger partial charge in [0.15, 0.2) is 5.69 Å². The number of ether oxygens (including phenoxy) is 1. The number of hydrogen-bond acceptors (Lipinski definition) is 4. The summed E-state index contributed by atoms with van der Waals surface area (Å²) in [6.07, 6.45) is 3.99. The quantitative estimate of drug-likeness (QED) is 0.779. The highest BCUT2D eigenvalue weighted by molar-refractivity contribution is 5.94. The molecule has 6 nitrogen and oxygen atoms in total. The van der Waals surface area contributed by atoms with Crippen LogP contribution in [0, 0.1) is 5.92 Å². The van der Waals surface area contributed by atoms with Gasteiger partial charge in [-0.2, -0.15) is 5.10 Å². The van der Waals surface area contributed by atoms with Crippen LogP contribution in [0.3, 0.4) is 0 Å². The normalized spacial score (nSPS) is 24.0. The van der Waals surface area contributed by atoms with E-state index in [0.29, 0.717) is 11.6 Å². The Hall–Kier alpha value is -1.11. The molecule has 1 amide bonds. The lowest BCUT2D eigenvalue weighted by Crippen LogP contribution is -2.43. The van der Waals surface area contributed by atoms with Crippen LogP contribution >= 0.6 is 12.4 Å². The molecule has 2 unspecified atom stereocenters. The molecular weight excluding hydrogens is 316 g/mol. The van der Waals surface area contributed by atoms with Crippen LogP contribution in [-0.2, 0) is 17.7 Å². The van der Waals surface area contributed by atoms with Gasteiger partial charge in [-0.25, -0.2) is 0 Å². The number of amides is 1. The minimum atomic E-state index is -0.0589. The van der Waals surface area contributed by atoms with E-state index in [1.165, 1.54) is 0 Å². The lowest BCUT2D eigenvalue weighted by molar-refractivity contribution is -0.00850. The van der Waals surface area contributed by atoms with Crippen LogP contribution in [0.15, 0.2) is 0 Å². The predicted molar refractivity (Wildman–Crippen MR) is 90.9 cm³/mol. The number of halogens is 1. The molecule has 1 aromatic heterocycles. The molecule has 0 bridgehead atoms. The Bertz CT molecular complexity index is 532. The average Bonchev–Trinajstić information content (AvgIpc) is 2.91. The summed E-state index contributed by atoms with van der Waals surface area (Å²) in [7, 11) is 0. The molecule has 2 aliphatic rings. The molecule has 1 aromatic rings. The molecule has 2 aliphatic heterocycles. The lowest BCUT2D eigenvalue weighted by atomic mass is 9.96. The number of rotatable bonds is 4. The highest BCUT2D eigenvalue weighted by atomic mass is 35.5. The van der Waals surface area contributed by atoms with E-state index in [2.05, 4.69) is 34.7 Å². The SMILES string of the molecule is CC(C)CC1CC(NC(=O)c2n[nH]c3c2CNCC3)CCO1.Cl. The number of nitrogens with one attached hydrogen (secondary N) is 3. The number of fused-ring (bicyclic) bond motifs is 1. The zero-order valence-electron chi connectivity index (χ0n) is 13.9. The molecule has 7 heteroatoms. The van der Waals surface area contributed by atoms with Gasteiger partial charge in [-0.3, -0.25) is 9.89 Å². The van der Waals surface area contributed by atoms with Crippen molar-refractivity contribution in [2.45, 2.75) is 58.2 Å². The minimum absolute atomic E-state index is 0. The van der Waals surface area contributed by atoms with Crippen molar-refractivity contribution in [3.63, 3.8) is 0 Å². The summed E-state index contributed by atoms with van der Waals surface area (Å²) in [5, 5.41) is 13.7. The summed E-state index contributed by atoms with van der Waals surface area (Å²) in [6, 6.07) is 0.189. The first-order valence-electron chi connectivity index (χ1n) is 8.32. The van der Waals surface area contributed by atoms with E-state index in [-0.39, 0.29) is 30.5 Å². The van der Waals surface area contributed by atoms with Crippen molar-refractivity contribution in [3.8, 4) is 0 Å². The van der Waals surface area contributed by atoms with Gasteiger partial charge in [-0.15, -0.1) is 12.4 Å². The molecule has 0 spiro atoms. The second-order valence-corrected chi connectivity index (χ2v) is 6.77. The Morgan fingerprint density at radius 3 is 3.09 bits per heavy atom. The van der Waals surface area contributed by atoms with Crippen LogP contribution in [0.4, 0.5) is 0 Å². The molecule has 0 saturated carbocycles. The van der Waals surface area contributed by atoms with Crippen LogP contribution in [0.5, 0.6) is 0 Å². The second-order valence-electron chi connectivity index (χ2n) is 6.77. The van der Waals surface area contributed by atoms with E-state index >= 15 is 0 Å². The third-order valence-electron chi connectivity index (χ3n) is 4.46. The van der Waals surface area contributed by atoms with E-state index in [9.17, 15) is 4.79 Å². The number of carbonyl (C=O) groups is 1. The molecule has 3 N–H and O–H groups in total. The zero-order valence-corrected chi connectivity index (χ0v) is 14.7. The maximum Gasteiger partial charge on any atom is 0.272 e. The van der Waals surface area contributed by atoms with Gasteiger partial charge >= 0.3 is 0 Å². The van der Waals surface area contributed by atoms with Gasteiger partial charge in [0, 0.05) is 43.4 Å². The number of hydrogen-bond donors (Lipinski definition) is 3. The second kappa shape index (κ2) is 8.13. The Labute approximate surface area is 143 Å². The van der Waals surface area contributed by atoms with Gasteiger partial charge < -0.3 is 15.4 Å². The van der Waals surface area contributed by atoms with Crippen LogP contribution < -0.4 is 10.6 Å². The number of nitrogens with zero attached hydrogens (tertiary/aromatic N) is 1. The van der Waals surface area contributed by atoms with Crippen LogP contribution in [0.25, 0.3) is 0 Å². The van der Waals surface area contributed by atoms with Crippen molar-refractivity contribution in [2.24, 2.45) is 5.92 Å². The Balaban J connectivity index is 0.00000192. The number of aromatic amines is 1. The fourth-order valence-electron chi connectivity index (χ4n) is 3.37. The standard InChI is InChI=1S/C16H26N4O2.ClH/c1-10(2)7-12-8-11(4-6-22-12)18-16(21)15-13-9-17-5-3-14(13)19-20-15;/h10-12,17H,3-9H2,1-2H3,(H,18,21)(H,19,20);1H. The first-order chi connectivity index (χ1) is 10.6. The van der Waals surface area contributed by atoms with E-state index in [1.807, 2.05) is 0 Å². The van der Waals surface area contributed by atoms with Gasteiger partial charge in [-0.05, 0) is 25.2 Å². The van der Waals surface area contributed by atoms with Gasteiger partial charge in [0.2, 0.25) is 0 Å². The largest absolute Gasteiger partial charge is 0.378 e. The Kier molecular flexibility index (Phi) is 6.44. The monoisotopic (exact) mass is 342 g/mol. The van der Waals surface area contributed by atoms with Crippen molar-refractivity contribution in [2.75, 3.05) is 13.2 Å². The molecule has 1 saturated heterocycles. The molecule has 2 atom stereocenters. The summed E-state index contributed by atoms with van der Waals surface area (Å²) in [6.45, 7) is 6.79. The molecular formula is C16H27ClN4O2. The van der Waals surface area contributed by atoms with Gasteiger partial charge in [0.05, 0.1) is 6.10 Å². The van der Waals surface area contributed by atoms with Crippen LogP contribution in [0.1, 0.15) is 54.9 Å². The highest BCUT2D eigenvalue weighted by Crippen LogP contribution is 2.21. The number of carbonyl (C=O) groups excluding carboxylic acids is 1. The topological polar surface area (TPSA) is 79.0 Å². The van der Waals surface area contributed by atoms with Crippen molar-refractivity contribution in [1.82, 2.24) is 20.8 Å². The number of aromatic nitrogens is 2. The molecule has 23 heavy (non-hydrogen) atoms. The smallest absolute Gasteiger partial charge is 0.272 e. The molecule has 0 aliphatic carbocycles. The van der Waals surface area contributed by atoms with E-state index < -0.39 is 0 Å². The zero-order chi connectivity index (χ0) is 15.5. The summed E-state index contributed by atoms with van der Waals surface area (Å²) < 4.78 is 5.80. The summed E-state index contributed by atoms with van der Waals surface area (Å²) in [5.74, 6) is 0.556. The Morgan fingerprint density at radius 2 is 2.30 bits per heavy atom. The van der Waals surface area contributed by atoms with Gasteiger partial charge in [0.1, 0.15) is 0 Å². The predicted octanol–water partition coefficient (Wildman–Crippen LogP) is 1.80. The van der Waals surface area contributed by atoms with Crippen molar-refractivity contribution in [3.05, 3.63) is 17.0 Å².